The quantitative estimate of drug-likeness (QED) is 0.714. The van der Waals surface area contributed by atoms with Crippen molar-refractivity contribution in [3.8, 4) is 0 Å². The van der Waals surface area contributed by atoms with Crippen LogP contribution in [0.4, 0.5) is 0 Å². The average Bonchev–Trinajstić information content (AvgIpc) is 3.07. The number of aryl methyl sites for hydroxylation is 1. The Bertz CT molecular complexity index is 600. The predicted molar refractivity (Wildman–Crippen MR) is 111 cm³/mol. The van der Waals surface area contributed by atoms with E-state index in [1.54, 1.807) is 6.92 Å². The Labute approximate surface area is 168 Å². The molecule has 0 N–H and O–H groups in total. The molecule has 6 heteroatoms. The van der Waals surface area contributed by atoms with E-state index in [2.05, 4.69) is 35.2 Å². The van der Waals surface area contributed by atoms with Gasteiger partial charge in [0.2, 0.25) is 5.91 Å². The van der Waals surface area contributed by atoms with Gasteiger partial charge in [0.25, 0.3) is 0 Å². The molecule has 2 aliphatic heterocycles. The summed E-state index contributed by atoms with van der Waals surface area (Å²) in [6.07, 6.45) is 4.55. The lowest BCUT2D eigenvalue weighted by atomic mass is 9.98. The van der Waals surface area contributed by atoms with Gasteiger partial charge in [-0.25, -0.2) is 0 Å². The van der Waals surface area contributed by atoms with E-state index in [1.807, 2.05) is 16.2 Å². The molecule has 0 saturated carbocycles. The number of amides is 1. The number of thiophene rings is 1. The number of carbonyl (C=O) groups excluding carboxylic acids is 1. The zero-order chi connectivity index (χ0) is 19.2. The molecule has 1 aromatic rings. The Hall–Kier alpha value is -0.950. The molecule has 2 aliphatic rings. The highest BCUT2D eigenvalue weighted by molar-refractivity contribution is 7.10. The van der Waals surface area contributed by atoms with Gasteiger partial charge >= 0.3 is 0 Å². The van der Waals surface area contributed by atoms with E-state index >= 15 is 0 Å². The van der Waals surface area contributed by atoms with E-state index < -0.39 is 0 Å². The fourth-order valence-corrected chi connectivity index (χ4v) is 5.35. The third-order valence-electron chi connectivity index (χ3n) is 6.09. The Morgan fingerprint density at radius 1 is 1.26 bits per heavy atom. The minimum atomic E-state index is 0.219. The van der Waals surface area contributed by atoms with Crippen LogP contribution in [0.5, 0.6) is 0 Å². The van der Waals surface area contributed by atoms with Gasteiger partial charge in [0, 0.05) is 69.8 Å². The van der Waals surface area contributed by atoms with Gasteiger partial charge in [0.15, 0.2) is 0 Å². The number of carbonyl (C=O) groups is 1. The van der Waals surface area contributed by atoms with Crippen molar-refractivity contribution in [3.63, 3.8) is 0 Å². The second-order valence-electron chi connectivity index (χ2n) is 8.11. The number of likely N-dealkylation sites (N-methyl/N-ethyl adjacent to an activating group) is 1. The van der Waals surface area contributed by atoms with Crippen LogP contribution in [0.2, 0.25) is 0 Å². The minimum absolute atomic E-state index is 0.219. The maximum Gasteiger partial charge on any atom is 0.219 e. The molecule has 3 heterocycles. The molecule has 2 saturated heterocycles. The molecule has 1 unspecified atom stereocenters. The summed E-state index contributed by atoms with van der Waals surface area (Å²) >= 11 is 1.86. The largest absolute Gasteiger partial charge is 0.381 e. The Morgan fingerprint density at radius 3 is 2.70 bits per heavy atom. The normalized spacial score (nSPS) is 22.0. The summed E-state index contributed by atoms with van der Waals surface area (Å²) in [5, 5.41) is 2.19. The molecule has 27 heavy (non-hydrogen) atoms. The summed E-state index contributed by atoms with van der Waals surface area (Å²) in [6, 6.07) is 3.29. The summed E-state index contributed by atoms with van der Waals surface area (Å²) in [5.74, 6) is 0.219. The van der Waals surface area contributed by atoms with Crippen LogP contribution in [0.1, 0.15) is 43.0 Å². The van der Waals surface area contributed by atoms with Crippen LogP contribution in [0.3, 0.4) is 0 Å². The number of hydrogen-bond acceptors (Lipinski definition) is 5. The van der Waals surface area contributed by atoms with Crippen molar-refractivity contribution in [1.82, 2.24) is 14.7 Å². The van der Waals surface area contributed by atoms with Gasteiger partial charge in [-0.2, -0.15) is 0 Å². The first-order valence-corrected chi connectivity index (χ1v) is 11.2. The van der Waals surface area contributed by atoms with Crippen LogP contribution < -0.4 is 0 Å². The summed E-state index contributed by atoms with van der Waals surface area (Å²) in [6.45, 7) is 10.6. The first kappa shape index (κ1) is 20.8. The highest BCUT2D eigenvalue weighted by Crippen LogP contribution is 2.24. The first-order valence-electron chi connectivity index (χ1n) is 10.3. The summed E-state index contributed by atoms with van der Waals surface area (Å²) in [5.41, 5.74) is 1.40. The van der Waals surface area contributed by atoms with E-state index in [9.17, 15) is 4.79 Å². The number of rotatable bonds is 7. The third-order valence-corrected chi connectivity index (χ3v) is 7.10. The predicted octanol–water partition coefficient (Wildman–Crippen LogP) is 2.98. The number of ether oxygens (including phenoxy) is 1. The van der Waals surface area contributed by atoms with Crippen LogP contribution >= 0.6 is 11.3 Å². The lowest BCUT2D eigenvalue weighted by Gasteiger charge is -2.44. The fourth-order valence-electron chi connectivity index (χ4n) is 4.37. The molecule has 152 valence electrons. The topological polar surface area (TPSA) is 36.0 Å². The van der Waals surface area contributed by atoms with E-state index in [0.717, 1.165) is 65.2 Å². The Kier molecular flexibility index (Phi) is 7.70. The maximum atomic E-state index is 11.9. The lowest BCUT2D eigenvalue weighted by Crippen LogP contribution is -2.55. The minimum Gasteiger partial charge on any atom is -0.381 e. The van der Waals surface area contributed by atoms with Gasteiger partial charge in [-0.05, 0) is 56.7 Å². The SMILES string of the molecule is CC(=O)N1CCCC(N(CCN(C)Cc2sccc2C)C2CCOCC2)C1. The summed E-state index contributed by atoms with van der Waals surface area (Å²) in [4.78, 5) is 20.6. The molecule has 0 aromatic carbocycles. The summed E-state index contributed by atoms with van der Waals surface area (Å²) < 4.78 is 5.61. The number of likely N-dealkylation sites (tertiary alicyclic amines) is 1. The lowest BCUT2D eigenvalue weighted by molar-refractivity contribution is -0.131. The number of piperidine rings is 1. The molecule has 3 rings (SSSR count). The second-order valence-corrected chi connectivity index (χ2v) is 9.11. The van der Waals surface area contributed by atoms with Crippen molar-refractivity contribution in [1.29, 1.82) is 0 Å². The van der Waals surface area contributed by atoms with Crippen molar-refractivity contribution in [2.75, 3.05) is 46.4 Å². The third kappa shape index (κ3) is 5.76. The number of nitrogens with zero attached hydrogens (tertiary/aromatic N) is 3. The van der Waals surface area contributed by atoms with Gasteiger partial charge in [-0.15, -0.1) is 11.3 Å². The van der Waals surface area contributed by atoms with Gasteiger partial charge in [-0.3, -0.25) is 9.69 Å². The van der Waals surface area contributed by atoms with Crippen molar-refractivity contribution < 1.29 is 9.53 Å². The van der Waals surface area contributed by atoms with Crippen LogP contribution in [-0.4, -0.2) is 79.1 Å². The van der Waals surface area contributed by atoms with Crippen molar-refractivity contribution in [2.45, 2.75) is 58.2 Å². The number of hydrogen-bond donors (Lipinski definition) is 0. The molecule has 0 bridgehead atoms. The molecule has 0 radical (unpaired) electrons. The molecule has 1 amide bonds. The zero-order valence-corrected chi connectivity index (χ0v) is 18.0. The van der Waals surface area contributed by atoms with Crippen LogP contribution in [0.25, 0.3) is 0 Å². The second kappa shape index (κ2) is 10.0. The molecule has 0 spiro atoms. The van der Waals surface area contributed by atoms with Crippen molar-refractivity contribution in [3.05, 3.63) is 21.9 Å². The zero-order valence-electron chi connectivity index (χ0n) is 17.2. The van der Waals surface area contributed by atoms with E-state index in [4.69, 9.17) is 4.74 Å². The monoisotopic (exact) mass is 393 g/mol. The fraction of sp³-hybridized carbons (Fsp3) is 0.762. The van der Waals surface area contributed by atoms with E-state index in [-0.39, 0.29) is 5.91 Å². The molecule has 1 aromatic heterocycles. The van der Waals surface area contributed by atoms with Crippen molar-refractivity contribution >= 4 is 17.2 Å². The molecule has 2 fully saturated rings. The standard InChI is InChI=1S/C21H35N3O2S/c1-17-8-14-27-21(17)16-22(3)10-11-24(19-6-12-26-13-7-19)20-5-4-9-23(15-20)18(2)25/h8,14,19-20H,4-7,9-13,15-16H2,1-3H3. The molecular formula is C21H35N3O2S. The van der Waals surface area contributed by atoms with Gasteiger partial charge in [-0.1, -0.05) is 0 Å². The smallest absolute Gasteiger partial charge is 0.219 e. The molecule has 1 atom stereocenters. The molecule has 0 aliphatic carbocycles. The average molecular weight is 394 g/mol. The molecular weight excluding hydrogens is 358 g/mol. The van der Waals surface area contributed by atoms with Gasteiger partial charge < -0.3 is 14.5 Å². The van der Waals surface area contributed by atoms with Crippen molar-refractivity contribution in [2.24, 2.45) is 0 Å². The first-order chi connectivity index (χ1) is 13.0. The summed E-state index contributed by atoms with van der Waals surface area (Å²) in [7, 11) is 2.23. The maximum absolute atomic E-state index is 11.9. The Morgan fingerprint density at radius 2 is 2.04 bits per heavy atom. The Balaban J connectivity index is 1.61. The van der Waals surface area contributed by atoms with Gasteiger partial charge in [0.05, 0.1) is 0 Å². The highest BCUT2D eigenvalue weighted by Gasteiger charge is 2.31. The van der Waals surface area contributed by atoms with Crippen LogP contribution in [0.15, 0.2) is 11.4 Å². The van der Waals surface area contributed by atoms with Gasteiger partial charge in [0.1, 0.15) is 0 Å². The van der Waals surface area contributed by atoms with E-state index in [0.29, 0.717) is 12.1 Å². The highest BCUT2D eigenvalue weighted by atomic mass is 32.1. The van der Waals surface area contributed by atoms with E-state index in [1.165, 1.54) is 16.9 Å². The molecule has 5 nitrogen and oxygen atoms in total. The van der Waals surface area contributed by atoms with Crippen LogP contribution in [0, 0.1) is 6.92 Å². The van der Waals surface area contributed by atoms with Crippen LogP contribution in [-0.2, 0) is 16.1 Å².